The number of rotatable bonds is 6. The monoisotopic (exact) mass is 304 g/mol. The average molecular weight is 305 g/mol. The van der Waals surface area contributed by atoms with Gasteiger partial charge in [0, 0.05) is 26.4 Å². The first-order valence-electron chi connectivity index (χ1n) is 6.05. The molecule has 19 heavy (non-hydrogen) atoms. The number of carbonyl (C=O) groups excluding carboxylic acids is 1. The second kappa shape index (κ2) is 7.68. The molecule has 0 aliphatic heterocycles. The van der Waals surface area contributed by atoms with Gasteiger partial charge >= 0.3 is 0 Å². The standard InChI is InChI=1S/C13H18Cl2N2O2/c1-9(2)8-17(4-5-19-3)13(18)10-6-11(14)12(15)16-7-10/h6-7,9H,4-5,8H2,1-3H3. The van der Waals surface area contributed by atoms with Crippen LogP contribution in [0.2, 0.25) is 10.2 Å². The molecule has 0 aliphatic carbocycles. The molecule has 0 radical (unpaired) electrons. The number of aromatic nitrogens is 1. The van der Waals surface area contributed by atoms with Gasteiger partial charge in [0.15, 0.2) is 0 Å². The quantitative estimate of drug-likeness (QED) is 0.758. The Morgan fingerprint density at radius 3 is 2.68 bits per heavy atom. The summed E-state index contributed by atoms with van der Waals surface area (Å²) in [6.45, 7) is 5.80. The lowest BCUT2D eigenvalue weighted by molar-refractivity contribution is 0.0672. The fraction of sp³-hybridized carbons (Fsp3) is 0.538. The molecule has 0 bridgehead atoms. The van der Waals surface area contributed by atoms with Crippen LogP contribution >= 0.6 is 23.2 Å². The Labute approximate surface area is 123 Å². The molecule has 1 aromatic heterocycles. The van der Waals surface area contributed by atoms with Gasteiger partial charge < -0.3 is 9.64 Å². The molecule has 0 spiro atoms. The van der Waals surface area contributed by atoms with Crippen LogP contribution in [0.5, 0.6) is 0 Å². The molecule has 1 aromatic rings. The highest BCUT2D eigenvalue weighted by Gasteiger charge is 2.18. The van der Waals surface area contributed by atoms with Crippen LogP contribution in [-0.4, -0.2) is 42.6 Å². The zero-order valence-corrected chi connectivity index (χ0v) is 12.8. The van der Waals surface area contributed by atoms with Crippen LogP contribution in [0.4, 0.5) is 0 Å². The van der Waals surface area contributed by atoms with E-state index in [0.29, 0.717) is 31.2 Å². The fourth-order valence-electron chi connectivity index (χ4n) is 1.64. The molecule has 0 N–H and O–H groups in total. The van der Waals surface area contributed by atoms with Gasteiger partial charge in [-0.1, -0.05) is 37.0 Å². The van der Waals surface area contributed by atoms with Gasteiger partial charge in [-0.3, -0.25) is 4.79 Å². The topological polar surface area (TPSA) is 42.4 Å². The van der Waals surface area contributed by atoms with Crippen LogP contribution in [0.3, 0.4) is 0 Å². The highest BCUT2D eigenvalue weighted by molar-refractivity contribution is 6.41. The van der Waals surface area contributed by atoms with Crippen molar-refractivity contribution in [2.75, 3.05) is 26.8 Å². The van der Waals surface area contributed by atoms with Crippen LogP contribution in [0.15, 0.2) is 12.3 Å². The molecule has 1 heterocycles. The second-order valence-electron chi connectivity index (χ2n) is 4.63. The number of nitrogens with zero attached hydrogens (tertiary/aromatic N) is 2. The van der Waals surface area contributed by atoms with Crippen molar-refractivity contribution in [2.24, 2.45) is 5.92 Å². The molecule has 0 unspecified atom stereocenters. The number of amides is 1. The maximum Gasteiger partial charge on any atom is 0.255 e. The average Bonchev–Trinajstić information content (AvgIpc) is 2.36. The molecular formula is C13H18Cl2N2O2. The van der Waals surface area contributed by atoms with Crippen molar-refractivity contribution >= 4 is 29.1 Å². The zero-order chi connectivity index (χ0) is 14.4. The Morgan fingerprint density at radius 1 is 1.47 bits per heavy atom. The summed E-state index contributed by atoms with van der Waals surface area (Å²) in [6, 6.07) is 1.54. The third kappa shape index (κ3) is 4.97. The normalized spacial score (nSPS) is 10.8. The van der Waals surface area contributed by atoms with Crippen LogP contribution in [-0.2, 0) is 4.74 Å². The summed E-state index contributed by atoms with van der Waals surface area (Å²) in [6.07, 6.45) is 1.44. The molecule has 0 aromatic carbocycles. The van der Waals surface area contributed by atoms with E-state index in [1.54, 1.807) is 18.1 Å². The van der Waals surface area contributed by atoms with Gasteiger partial charge in [-0.2, -0.15) is 0 Å². The van der Waals surface area contributed by atoms with Gasteiger partial charge in [0.2, 0.25) is 0 Å². The van der Waals surface area contributed by atoms with E-state index in [0.717, 1.165) is 0 Å². The van der Waals surface area contributed by atoms with Crippen molar-refractivity contribution in [3.05, 3.63) is 28.0 Å². The lowest BCUT2D eigenvalue weighted by atomic mass is 10.2. The number of methoxy groups -OCH3 is 1. The summed E-state index contributed by atoms with van der Waals surface area (Å²) in [7, 11) is 1.61. The maximum absolute atomic E-state index is 12.4. The molecule has 6 heteroatoms. The highest BCUT2D eigenvalue weighted by Crippen LogP contribution is 2.20. The minimum absolute atomic E-state index is 0.114. The molecule has 106 valence electrons. The Balaban J connectivity index is 2.87. The first-order chi connectivity index (χ1) is 8.95. The van der Waals surface area contributed by atoms with Crippen LogP contribution in [0.25, 0.3) is 0 Å². The molecule has 0 saturated carbocycles. The summed E-state index contributed by atoms with van der Waals surface area (Å²) < 4.78 is 5.03. The van der Waals surface area contributed by atoms with E-state index < -0.39 is 0 Å². The molecule has 0 saturated heterocycles. The van der Waals surface area contributed by atoms with Crippen molar-refractivity contribution in [1.29, 1.82) is 0 Å². The molecule has 0 aliphatic rings. The molecule has 1 rings (SSSR count). The lowest BCUT2D eigenvalue weighted by Gasteiger charge is -2.24. The Morgan fingerprint density at radius 2 is 2.16 bits per heavy atom. The number of ether oxygens (including phenoxy) is 1. The second-order valence-corrected chi connectivity index (χ2v) is 5.40. The Bertz CT molecular complexity index is 439. The zero-order valence-electron chi connectivity index (χ0n) is 11.3. The predicted octanol–water partition coefficient (Wildman–Crippen LogP) is 3.13. The van der Waals surface area contributed by atoms with E-state index in [-0.39, 0.29) is 16.1 Å². The van der Waals surface area contributed by atoms with Crippen LogP contribution in [0, 0.1) is 5.92 Å². The van der Waals surface area contributed by atoms with E-state index >= 15 is 0 Å². The van der Waals surface area contributed by atoms with Gasteiger partial charge in [-0.05, 0) is 12.0 Å². The van der Waals surface area contributed by atoms with Gasteiger partial charge in [0.1, 0.15) is 5.15 Å². The Kier molecular flexibility index (Phi) is 6.55. The predicted molar refractivity (Wildman–Crippen MR) is 76.9 cm³/mol. The summed E-state index contributed by atoms with van der Waals surface area (Å²) in [5.41, 5.74) is 0.436. The van der Waals surface area contributed by atoms with Crippen molar-refractivity contribution in [2.45, 2.75) is 13.8 Å². The van der Waals surface area contributed by atoms with Crippen molar-refractivity contribution < 1.29 is 9.53 Å². The lowest BCUT2D eigenvalue weighted by Crippen LogP contribution is -2.36. The molecular weight excluding hydrogens is 287 g/mol. The van der Waals surface area contributed by atoms with E-state index in [1.165, 1.54) is 6.20 Å². The fourth-order valence-corrected chi connectivity index (χ4v) is 1.91. The van der Waals surface area contributed by atoms with E-state index in [1.807, 2.05) is 0 Å². The summed E-state index contributed by atoms with van der Waals surface area (Å²) in [5.74, 6) is 0.258. The smallest absolute Gasteiger partial charge is 0.255 e. The van der Waals surface area contributed by atoms with Gasteiger partial charge in [-0.25, -0.2) is 4.98 Å². The Hall–Kier alpha value is -0.840. The minimum atomic E-state index is -0.114. The summed E-state index contributed by atoms with van der Waals surface area (Å²) in [4.78, 5) is 18.0. The van der Waals surface area contributed by atoms with Crippen molar-refractivity contribution in [1.82, 2.24) is 9.88 Å². The first kappa shape index (κ1) is 16.2. The van der Waals surface area contributed by atoms with E-state index in [4.69, 9.17) is 27.9 Å². The van der Waals surface area contributed by atoms with Gasteiger partial charge in [-0.15, -0.1) is 0 Å². The summed E-state index contributed by atoms with van der Waals surface area (Å²) >= 11 is 11.6. The molecule has 1 amide bonds. The van der Waals surface area contributed by atoms with E-state index in [2.05, 4.69) is 18.8 Å². The van der Waals surface area contributed by atoms with Gasteiger partial charge in [0.05, 0.1) is 17.2 Å². The third-order valence-corrected chi connectivity index (χ3v) is 3.17. The first-order valence-corrected chi connectivity index (χ1v) is 6.80. The number of hydrogen-bond acceptors (Lipinski definition) is 3. The number of pyridine rings is 1. The van der Waals surface area contributed by atoms with Crippen molar-refractivity contribution in [3.63, 3.8) is 0 Å². The maximum atomic E-state index is 12.4. The van der Waals surface area contributed by atoms with Crippen LogP contribution < -0.4 is 0 Å². The SMILES string of the molecule is COCCN(CC(C)C)C(=O)c1cnc(Cl)c(Cl)c1. The van der Waals surface area contributed by atoms with Gasteiger partial charge in [0.25, 0.3) is 5.91 Å². The molecule has 0 atom stereocenters. The molecule has 4 nitrogen and oxygen atoms in total. The number of halogens is 2. The number of carbonyl (C=O) groups is 1. The highest BCUT2D eigenvalue weighted by atomic mass is 35.5. The van der Waals surface area contributed by atoms with Crippen molar-refractivity contribution in [3.8, 4) is 0 Å². The largest absolute Gasteiger partial charge is 0.383 e. The van der Waals surface area contributed by atoms with Crippen LogP contribution in [0.1, 0.15) is 24.2 Å². The number of hydrogen-bond donors (Lipinski definition) is 0. The molecule has 0 fully saturated rings. The summed E-state index contributed by atoms with van der Waals surface area (Å²) in [5, 5.41) is 0.481. The third-order valence-electron chi connectivity index (χ3n) is 2.48. The minimum Gasteiger partial charge on any atom is -0.383 e. The van der Waals surface area contributed by atoms with E-state index in [9.17, 15) is 4.79 Å².